The van der Waals surface area contributed by atoms with Crippen molar-refractivity contribution in [3.05, 3.63) is 24.3 Å². The molecule has 0 saturated carbocycles. The van der Waals surface area contributed by atoms with E-state index >= 15 is 0 Å². The van der Waals surface area contributed by atoms with Gasteiger partial charge in [0.2, 0.25) is 0 Å². The Kier molecular flexibility index (Phi) is 24.6. The average Bonchev–Trinajstić information content (AvgIpc) is 3.10. The van der Waals surface area contributed by atoms with Crippen molar-refractivity contribution in [2.75, 3.05) is 39.4 Å². The lowest BCUT2D eigenvalue weighted by Gasteiger charge is -2.33. The number of hydrogen-bond acceptors (Lipinski definition) is 5. The Morgan fingerprint density at radius 1 is 0.489 bits per heavy atom. The van der Waals surface area contributed by atoms with Crippen molar-refractivity contribution >= 4 is 0 Å². The van der Waals surface area contributed by atoms with Crippen LogP contribution in [0.1, 0.15) is 169 Å². The minimum absolute atomic E-state index is 0.00351. The van der Waals surface area contributed by atoms with E-state index in [1.165, 1.54) is 128 Å². The number of nitrogens with zero attached hydrogens (tertiary/aromatic N) is 2. The third kappa shape index (κ3) is 18.6. The van der Waals surface area contributed by atoms with E-state index in [0.29, 0.717) is 0 Å². The second-order valence-corrected chi connectivity index (χ2v) is 13.4. The van der Waals surface area contributed by atoms with Crippen LogP contribution in [0.3, 0.4) is 0 Å². The number of para-hydroxylation sites is 2. The van der Waals surface area contributed by atoms with Crippen LogP contribution in [0.2, 0.25) is 0 Å². The Morgan fingerprint density at radius 3 is 1.16 bits per heavy atom. The summed E-state index contributed by atoms with van der Waals surface area (Å²) in [6, 6.07) is 8.32. The van der Waals surface area contributed by atoms with Gasteiger partial charge < -0.3 is 14.2 Å². The molecule has 0 saturated heterocycles. The molecule has 1 aliphatic rings. The monoisotopic (exact) mass is 631 g/mol. The van der Waals surface area contributed by atoms with Crippen molar-refractivity contribution in [3.8, 4) is 11.5 Å². The maximum absolute atomic E-state index is 6.75. The van der Waals surface area contributed by atoms with Crippen LogP contribution in [0.5, 0.6) is 11.5 Å². The SMILES string of the molecule is CCCCCCCCCCCCN(CC)C1CCOCCC(N(CC)CCCCCCCCCCCC)Oc2ccccc2O1. The summed E-state index contributed by atoms with van der Waals surface area (Å²) in [5.74, 6) is 1.73. The first-order chi connectivity index (χ1) is 22.2. The normalized spacial score (nSPS) is 17.6. The molecule has 5 heteroatoms. The Morgan fingerprint density at radius 2 is 0.822 bits per heavy atom. The van der Waals surface area contributed by atoms with Crippen LogP contribution in [0, 0.1) is 0 Å². The van der Waals surface area contributed by atoms with Gasteiger partial charge in [0.15, 0.2) is 24.0 Å². The maximum Gasteiger partial charge on any atom is 0.163 e. The van der Waals surface area contributed by atoms with Gasteiger partial charge in [-0.05, 0) is 38.1 Å². The van der Waals surface area contributed by atoms with E-state index in [9.17, 15) is 0 Å². The van der Waals surface area contributed by atoms with Crippen LogP contribution in [-0.4, -0.2) is 61.6 Å². The van der Waals surface area contributed by atoms with Gasteiger partial charge in [0.25, 0.3) is 0 Å². The largest absolute Gasteiger partial charge is 0.471 e. The molecule has 0 N–H and O–H groups in total. The summed E-state index contributed by atoms with van der Waals surface area (Å²) in [7, 11) is 0. The predicted molar refractivity (Wildman–Crippen MR) is 194 cm³/mol. The lowest BCUT2D eigenvalue weighted by Crippen LogP contribution is -2.41. The van der Waals surface area contributed by atoms with Gasteiger partial charge in [-0.15, -0.1) is 0 Å². The van der Waals surface area contributed by atoms with Gasteiger partial charge in [0.1, 0.15) is 0 Å². The highest BCUT2D eigenvalue weighted by Crippen LogP contribution is 2.31. The predicted octanol–water partition coefficient (Wildman–Crippen LogP) is 11.4. The average molecular weight is 631 g/mol. The number of ether oxygens (including phenoxy) is 3. The van der Waals surface area contributed by atoms with Crippen molar-refractivity contribution in [1.82, 2.24) is 9.80 Å². The lowest BCUT2D eigenvalue weighted by atomic mass is 10.1. The second-order valence-electron chi connectivity index (χ2n) is 13.4. The fourth-order valence-corrected chi connectivity index (χ4v) is 6.66. The number of hydrogen-bond donors (Lipinski definition) is 0. The molecule has 0 aromatic heterocycles. The van der Waals surface area contributed by atoms with Crippen LogP contribution >= 0.6 is 0 Å². The first-order valence-electron chi connectivity index (χ1n) is 19.7. The van der Waals surface area contributed by atoms with Crippen molar-refractivity contribution in [2.24, 2.45) is 0 Å². The Hall–Kier alpha value is -1.30. The summed E-state index contributed by atoms with van der Waals surface area (Å²) in [6.07, 6.45) is 29.1. The molecule has 0 aliphatic carbocycles. The molecule has 0 amide bonds. The van der Waals surface area contributed by atoms with Crippen LogP contribution in [-0.2, 0) is 4.74 Å². The summed E-state index contributed by atoms with van der Waals surface area (Å²) < 4.78 is 19.7. The summed E-state index contributed by atoms with van der Waals surface area (Å²) in [5.41, 5.74) is 0. The van der Waals surface area contributed by atoms with Gasteiger partial charge >= 0.3 is 0 Å². The van der Waals surface area contributed by atoms with Crippen molar-refractivity contribution in [3.63, 3.8) is 0 Å². The number of unbranched alkanes of at least 4 members (excludes halogenated alkanes) is 18. The van der Waals surface area contributed by atoms with E-state index in [4.69, 9.17) is 14.2 Å². The van der Waals surface area contributed by atoms with Crippen LogP contribution in [0.4, 0.5) is 0 Å². The van der Waals surface area contributed by atoms with Gasteiger partial charge in [-0.3, -0.25) is 9.80 Å². The molecule has 45 heavy (non-hydrogen) atoms. The topological polar surface area (TPSA) is 34.2 Å². The first kappa shape index (κ1) is 39.9. The van der Waals surface area contributed by atoms with E-state index in [0.717, 1.165) is 63.7 Å². The first-order valence-corrected chi connectivity index (χ1v) is 19.7. The molecule has 262 valence electrons. The van der Waals surface area contributed by atoms with Gasteiger partial charge in [-0.2, -0.15) is 0 Å². The van der Waals surface area contributed by atoms with Gasteiger partial charge in [0.05, 0.1) is 13.2 Å². The number of rotatable bonds is 26. The highest BCUT2D eigenvalue weighted by Gasteiger charge is 2.25. The molecule has 1 aromatic rings. The fraction of sp³-hybridized carbons (Fsp3) is 0.850. The third-order valence-corrected chi connectivity index (χ3v) is 9.62. The van der Waals surface area contributed by atoms with Gasteiger partial charge in [-0.1, -0.05) is 155 Å². The molecule has 2 atom stereocenters. The highest BCUT2D eigenvalue weighted by molar-refractivity contribution is 5.39. The smallest absolute Gasteiger partial charge is 0.163 e. The standard InChI is InChI=1S/C40H74N2O3/c1-5-9-11-13-15-17-19-21-23-27-33-41(7-3)39-31-35-43-36-32-40(45-38-30-26-25-29-37(38)44-39)42(8-4)34-28-24-22-20-18-16-14-12-10-6-2/h25-26,29-30,39-40H,5-24,27-28,31-36H2,1-4H3. The molecular formula is C40H74N2O3. The minimum atomic E-state index is 0.00351. The Bertz CT molecular complexity index is 728. The molecule has 1 aliphatic heterocycles. The zero-order chi connectivity index (χ0) is 32.2. The van der Waals surface area contributed by atoms with Crippen LogP contribution < -0.4 is 9.47 Å². The molecule has 5 nitrogen and oxygen atoms in total. The van der Waals surface area contributed by atoms with E-state index in [1.807, 2.05) is 0 Å². The lowest BCUT2D eigenvalue weighted by molar-refractivity contribution is -0.00846. The summed E-state index contributed by atoms with van der Waals surface area (Å²) >= 11 is 0. The number of benzene rings is 1. The molecule has 1 aromatic carbocycles. The Labute approximate surface area is 280 Å². The van der Waals surface area contributed by atoms with E-state index in [2.05, 4.69) is 61.8 Å². The molecular weight excluding hydrogens is 556 g/mol. The number of fused-ring (bicyclic) bond motifs is 1. The van der Waals surface area contributed by atoms with Gasteiger partial charge in [-0.25, -0.2) is 0 Å². The van der Waals surface area contributed by atoms with Crippen molar-refractivity contribution < 1.29 is 14.2 Å². The second kappa shape index (κ2) is 27.8. The van der Waals surface area contributed by atoms with E-state index < -0.39 is 0 Å². The molecule has 2 rings (SSSR count). The molecule has 2 unspecified atom stereocenters. The fourth-order valence-electron chi connectivity index (χ4n) is 6.66. The van der Waals surface area contributed by atoms with E-state index in [1.54, 1.807) is 0 Å². The molecule has 1 heterocycles. The zero-order valence-corrected chi connectivity index (χ0v) is 30.4. The van der Waals surface area contributed by atoms with Crippen LogP contribution in [0.25, 0.3) is 0 Å². The minimum Gasteiger partial charge on any atom is -0.471 e. The highest BCUT2D eigenvalue weighted by atomic mass is 16.6. The molecule has 0 radical (unpaired) electrons. The van der Waals surface area contributed by atoms with E-state index in [-0.39, 0.29) is 12.5 Å². The third-order valence-electron chi connectivity index (χ3n) is 9.62. The summed E-state index contributed by atoms with van der Waals surface area (Å²) in [5, 5.41) is 0. The summed E-state index contributed by atoms with van der Waals surface area (Å²) in [4.78, 5) is 5.01. The quantitative estimate of drug-likeness (QED) is 0.0951. The molecule has 0 bridgehead atoms. The maximum atomic E-state index is 6.75. The van der Waals surface area contributed by atoms with Crippen molar-refractivity contribution in [2.45, 2.75) is 181 Å². The summed E-state index contributed by atoms with van der Waals surface area (Å²) in [6.45, 7) is 14.7. The van der Waals surface area contributed by atoms with Gasteiger partial charge in [0, 0.05) is 25.9 Å². The van der Waals surface area contributed by atoms with Crippen molar-refractivity contribution in [1.29, 1.82) is 0 Å². The molecule has 0 fully saturated rings. The Balaban J connectivity index is 1.84. The zero-order valence-electron chi connectivity index (χ0n) is 30.4. The van der Waals surface area contributed by atoms with Crippen LogP contribution in [0.15, 0.2) is 24.3 Å². The molecule has 0 spiro atoms.